The lowest BCUT2D eigenvalue weighted by Crippen LogP contribution is -2.02. The molecule has 4 heteroatoms. The van der Waals surface area contributed by atoms with Gasteiger partial charge in [-0.3, -0.25) is 0 Å². The van der Waals surface area contributed by atoms with Crippen LogP contribution in [-0.4, -0.2) is 9.78 Å². The molecule has 2 N–H and O–H groups in total. The van der Waals surface area contributed by atoms with Crippen LogP contribution in [0.5, 0.6) is 0 Å². The number of nitrogen functional groups attached to an aromatic ring is 1. The fourth-order valence-electron chi connectivity index (χ4n) is 1.90. The number of hydrogen-bond donors (Lipinski definition) is 1. The van der Waals surface area contributed by atoms with Gasteiger partial charge < -0.3 is 10.2 Å². The molecule has 4 nitrogen and oxygen atoms in total. The molecule has 3 aromatic rings. The van der Waals surface area contributed by atoms with Crippen molar-refractivity contribution in [2.45, 2.75) is 6.42 Å². The van der Waals surface area contributed by atoms with Crippen molar-refractivity contribution in [2.24, 2.45) is 0 Å². The van der Waals surface area contributed by atoms with Crippen molar-refractivity contribution in [2.75, 3.05) is 5.73 Å². The number of para-hydroxylation sites is 1. The Morgan fingerprint density at radius 1 is 1.11 bits per heavy atom. The van der Waals surface area contributed by atoms with E-state index in [0.29, 0.717) is 12.2 Å². The molecule has 0 aliphatic carbocycles. The van der Waals surface area contributed by atoms with Crippen molar-refractivity contribution in [3.63, 3.8) is 0 Å². The molecule has 0 saturated heterocycles. The van der Waals surface area contributed by atoms with Crippen molar-refractivity contribution in [3.05, 3.63) is 66.2 Å². The molecule has 0 bridgehead atoms. The second kappa shape index (κ2) is 4.41. The normalized spacial score (nSPS) is 10.7. The van der Waals surface area contributed by atoms with E-state index in [1.54, 1.807) is 17.1 Å². The van der Waals surface area contributed by atoms with Crippen LogP contribution in [0.25, 0.3) is 5.69 Å². The van der Waals surface area contributed by atoms with Crippen molar-refractivity contribution in [1.82, 2.24) is 9.78 Å². The van der Waals surface area contributed by atoms with E-state index in [9.17, 15) is 0 Å². The van der Waals surface area contributed by atoms with Crippen LogP contribution < -0.4 is 5.73 Å². The molecule has 0 saturated carbocycles. The summed E-state index contributed by atoms with van der Waals surface area (Å²) < 4.78 is 7.05. The first-order valence-electron chi connectivity index (χ1n) is 5.75. The van der Waals surface area contributed by atoms with E-state index in [1.165, 1.54) is 0 Å². The maximum absolute atomic E-state index is 6.11. The van der Waals surface area contributed by atoms with Gasteiger partial charge in [0.1, 0.15) is 11.6 Å². The number of anilines is 1. The third-order valence-corrected chi connectivity index (χ3v) is 2.83. The van der Waals surface area contributed by atoms with Crippen molar-refractivity contribution >= 4 is 5.82 Å². The molecule has 90 valence electrons. The Balaban J connectivity index is 1.93. The fraction of sp³-hybridized carbons (Fsp3) is 0.0714. The van der Waals surface area contributed by atoms with Gasteiger partial charge in [-0.05, 0) is 24.3 Å². The highest BCUT2D eigenvalue weighted by Gasteiger charge is 2.10. The largest absolute Gasteiger partial charge is 0.469 e. The summed E-state index contributed by atoms with van der Waals surface area (Å²) in [5.41, 5.74) is 8.04. The second-order valence-corrected chi connectivity index (χ2v) is 4.06. The van der Waals surface area contributed by atoms with Crippen molar-refractivity contribution in [3.8, 4) is 5.69 Å². The molecule has 0 amide bonds. The zero-order chi connectivity index (χ0) is 12.4. The number of hydrogen-bond acceptors (Lipinski definition) is 3. The number of furan rings is 1. The maximum atomic E-state index is 6.11. The lowest BCUT2D eigenvalue weighted by molar-refractivity contribution is 0.521. The molecule has 18 heavy (non-hydrogen) atoms. The summed E-state index contributed by atoms with van der Waals surface area (Å²) in [7, 11) is 0. The van der Waals surface area contributed by atoms with Crippen LogP contribution in [0.15, 0.2) is 59.3 Å². The first-order chi connectivity index (χ1) is 8.84. The molecule has 0 aliphatic heterocycles. The Labute approximate surface area is 105 Å². The summed E-state index contributed by atoms with van der Waals surface area (Å²) in [6, 6.07) is 13.6. The Morgan fingerprint density at radius 2 is 1.94 bits per heavy atom. The van der Waals surface area contributed by atoms with Gasteiger partial charge in [-0.2, -0.15) is 5.10 Å². The molecule has 1 aromatic carbocycles. The van der Waals surface area contributed by atoms with E-state index < -0.39 is 0 Å². The van der Waals surface area contributed by atoms with Gasteiger partial charge >= 0.3 is 0 Å². The predicted molar refractivity (Wildman–Crippen MR) is 69.5 cm³/mol. The molecule has 0 radical (unpaired) electrons. The molecule has 2 heterocycles. The standard InChI is InChI=1S/C14H13N3O/c15-14-11(9-13-7-4-8-18-13)10-16-17(14)12-5-2-1-3-6-12/h1-8,10H,9,15H2. The Kier molecular flexibility index (Phi) is 2.61. The van der Waals surface area contributed by atoms with Crippen LogP contribution >= 0.6 is 0 Å². The number of rotatable bonds is 3. The summed E-state index contributed by atoms with van der Waals surface area (Å²) >= 11 is 0. The Morgan fingerprint density at radius 3 is 2.67 bits per heavy atom. The van der Waals surface area contributed by atoms with E-state index in [0.717, 1.165) is 17.0 Å². The van der Waals surface area contributed by atoms with Crippen LogP contribution in [0.2, 0.25) is 0 Å². The van der Waals surface area contributed by atoms with E-state index in [4.69, 9.17) is 10.2 Å². The van der Waals surface area contributed by atoms with E-state index in [2.05, 4.69) is 5.10 Å². The summed E-state index contributed by atoms with van der Waals surface area (Å²) in [4.78, 5) is 0. The van der Waals surface area contributed by atoms with Gasteiger partial charge in [-0.1, -0.05) is 18.2 Å². The van der Waals surface area contributed by atoms with Gasteiger partial charge in [-0.15, -0.1) is 0 Å². The van der Waals surface area contributed by atoms with E-state index >= 15 is 0 Å². The lowest BCUT2D eigenvalue weighted by atomic mass is 10.2. The van der Waals surface area contributed by atoms with Gasteiger partial charge in [-0.25, -0.2) is 4.68 Å². The zero-order valence-electron chi connectivity index (χ0n) is 9.78. The van der Waals surface area contributed by atoms with Gasteiger partial charge in [0.05, 0.1) is 18.1 Å². The first kappa shape index (κ1) is 10.7. The highest BCUT2D eigenvalue weighted by Crippen LogP contribution is 2.19. The number of nitrogens with zero attached hydrogens (tertiary/aromatic N) is 2. The van der Waals surface area contributed by atoms with Gasteiger partial charge in [0.15, 0.2) is 0 Å². The van der Waals surface area contributed by atoms with Crippen molar-refractivity contribution < 1.29 is 4.42 Å². The van der Waals surface area contributed by atoms with Crippen LogP contribution in [0.4, 0.5) is 5.82 Å². The first-order valence-corrected chi connectivity index (χ1v) is 5.75. The minimum absolute atomic E-state index is 0.651. The number of aromatic nitrogens is 2. The second-order valence-electron chi connectivity index (χ2n) is 4.06. The zero-order valence-corrected chi connectivity index (χ0v) is 9.78. The van der Waals surface area contributed by atoms with Crippen LogP contribution in [0.3, 0.4) is 0 Å². The average molecular weight is 239 g/mol. The minimum Gasteiger partial charge on any atom is -0.469 e. The smallest absolute Gasteiger partial charge is 0.130 e. The summed E-state index contributed by atoms with van der Waals surface area (Å²) in [6.45, 7) is 0. The summed E-state index contributed by atoms with van der Waals surface area (Å²) in [5, 5.41) is 4.32. The SMILES string of the molecule is Nc1c(Cc2ccco2)cnn1-c1ccccc1. The molecule has 0 fully saturated rings. The molecule has 0 atom stereocenters. The molecule has 2 aromatic heterocycles. The van der Waals surface area contributed by atoms with Gasteiger partial charge in [0.25, 0.3) is 0 Å². The highest BCUT2D eigenvalue weighted by atomic mass is 16.3. The average Bonchev–Trinajstić information content (AvgIpc) is 3.03. The Bertz CT molecular complexity index is 626. The molecule has 3 rings (SSSR count). The Hall–Kier alpha value is -2.49. The van der Waals surface area contributed by atoms with Crippen LogP contribution in [0, 0.1) is 0 Å². The maximum Gasteiger partial charge on any atom is 0.130 e. The van der Waals surface area contributed by atoms with Gasteiger partial charge in [0, 0.05) is 12.0 Å². The van der Waals surface area contributed by atoms with Gasteiger partial charge in [0.2, 0.25) is 0 Å². The summed E-state index contributed by atoms with van der Waals surface area (Å²) in [5.74, 6) is 1.53. The van der Waals surface area contributed by atoms with Crippen molar-refractivity contribution in [1.29, 1.82) is 0 Å². The molecular weight excluding hydrogens is 226 g/mol. The summed E-state index contributed by atoms with van der Waals surface area (Å²) in [6.07, 6.45) is 4.10. The third-order valence-electron chi connectivity index (χ3n) is 2.83. The quantitative estimate of drug-likeness (QED) is 0.764. The number of nitrogens with two attached hydrogens (primary N) is 1. The molecule has 0 aliphatic rings. The molecule has 0 spiro atoms. The van der Waals surface area contributed by atoms with E-state index in [1.807, 2.05) is 42.5 Å². The fourth-order valence-corrected chi connectivity index (χ4v) is 1.90. The van der Waals surface area contributed by atoms with Crippen LogP contribution in [0.1, 0.15) is 11.3 Å². The lowest BCUT2D eigenvalue weighted by Gasteiger charge is -2.04. The highest BCUT2D eigenvalue weighted by molar-refractivity contribution is 5.47. The number of benzene rings is 1. The molecular formula is C14H13N3O. The predicted octanol–water partition coefficient (Wildman–Crippen LogP) is 2.64. The minimum atomic E-state index is 0.651. The molecule has 0 unspecified atom stereocenters. The monoisotopic (exact) mass is 239 g/mol. The third kappa shape index (κ3) is 1.88. The van der Waals surface area contributed by atoms with E-state index in [-0.39, 0.29) is 0 Å². The topological polar surface area (TPSA) is 57.0 Å². The van der Waals surface area contributed by atoms with Crippen LogP contribution in [-0.2, 0) is 6.42 Å².